The quantitative estimate of drug-likeness (QED) is 0.0924. The first-order valence-corrected chi connectivity index (χ1v) is 18.9. The molecule has 6 rings (SSSR count). The molecule has 4 aromatic carbocycles. The maximum atomic E-state index is 11.6. The number of aliphatic hydroxyl groups excluding tert-OH is 2. The Balaban J connectivity index is 1.20. The van der Waals surface area contributed by atoms with Gasteiger partial charge in [-0.1, -0.05) is 41.9 Å². The van der Waals surface area contributed by atoms with Crippen LogP contribution in [-0.4, -0.2) is 71.2 Å². The molecule has 0 radical (unpaired) electrons. The van der Waals surface area contributed by atoms with Crippen molar-refractivity contribution < 1.29 is 34.3 Å². The number of ether oxygens (including phenoxy) is 3. The molecule has 0 aromatic heterocycles. The summed E-state index contributed by atoms with van der Waals surface area (Å²) in [5.74, 6) is 0.411. The van der Waals surface area contributed by atoms with E-state index in [2.05, 4.69) is 47.5 Å². The number of nitriles is 2. The Morgan fingerprint density at radius 2 is 1.69 bits per heavy atom. The van der Waals surface area contributed by atoms with Crippen molar-refractivity contribution in [3.63, 3.8) is 0 Å². The van der Waals surface area contributed by atoms with Crippen molar-refractivity contribution >= 4 is 17.6 Å². The average Bonchev–Trinajstić information content (AvgIpc) is 3.61. The number of carboxylic acids is 1. The van der Waals surface area contributed by atoms with E-state index in [4.69, 9.17) is 25.8 Å². The van der Waals surface area contributed by atoms with E-state index in [0.29, 0.717) is 45.4 Å². The van der Waals surface area contributed by atoms with Crippen LogP contribution in [0, 0.1) is 29.6 Å². The third kappa shape index (κ3) is 9.76. The summed E-state index contributed by atoms with van der Waals surface area (Å²) in [6, 6.07) is 23.4. The second-order valence-electron chi connectivity index (χ2n) is 14.0. The van der Waals surface area contributed by atoms with Gasteiger partial charge in [-0.25, -0.2) is 0 Å². The fraction of sp³-hybridized carbons (Fsp3) is 0.372. The average molecular weight is 765 g/mol. The maximum absolute atomic E-state index is 11.6. The summed E-state index contributed by atoms with van der Waals surface area (Å²) in [5, 5.41) is 50.8. The highest BCUT2D eigenvalue weighted by atomic mass is 35.5. The summed E-state index contributed by atoms with van der Waals surface area (Å²) >= 11 is 6.81. The topological polar surface area (TPSA) is 168 Å². The lowest BCUT2D eigenvalue weighted by atomic mass is 9.93. The molecule has 0 amide bonds. The number of nitrogens with zero attached hydrogens (tertiary/aromatic N) is 3. The summed E-state index contributed by atoms with van der Waals surface area (Å²) in [4.78, 5) is 14.0. The molecule has 0 saturated carbocycles. The van der Waals surface area contributed by atoms with Crippen LogP contribution in [0.15, 0.2) is 66.7 Å². The summed E-state index contributed by atoms with van der Waals surface area (Å²) in [7, 11) is 0. The van der Waals surface area contributed by atoms with E-state index < -0.39 is 18.6 Å². The molecule has 55 heavy (non-hydrogen) atoms. The molecule has 1 aliphatic carbocycles. The van der Waals surface area contributed by atoms with Crippen LogP contribution in [0.5, 0.6) is 17.2 Å². The number of aliphatic carboxylic acids is 1. The highest BCUT2D eigenvalue weighted by Gasteiger charge is 2.29. The van der Waals surface area contributed by atoms with Crippen LogP contribution < -0.4 is 19.5 Å². The lowest BCUT2D eigenvalue weighted by Gasteiger charge is -2.29. The Bertz CT molecular complexity index is 2050. The number of nitrogens with one attached hydrogen (secondary N) is 1. The normalized spacial score (nSPS) is 16.1. The Kier molecular flexibility index (Phi) is 13.3. The van der Waals surface area contributed by atoms with E-state index in [1.807, 2.05) is 18.2 Å². The Morgan fingerprint density at radius 1 is 0.964 bits per heavy atom. The minimum atomic E-state index is -1.20. The summed E-state index contributed by atoms with van der Waals surface area (Å²) < 4.78 is 19.1. The Hall–Kier alpha value is -5.14. The van der Waals surface area contributed by atoms with E-state index in [1.165, 1.54) is 11.6 Å². The molecule has 2 atom stereocenters. The van der Waals surface area contributed by atoms with E-state index >= 15 is 0 Å². The monoisotopic (exact) mass is 764 g/mol. The van der Waals surface area contributed by atoms with Gasteiger partial charge in [0.1, 0.15) is 36.0 Å². The van der Waals surface area contributed by atoms with Gasteiger partial charge in [0.05, 0.1) is 47.6 Å². The smallest absolute Gasteiger partial charge is 0.323 e. The summed E-state index contributed by atoms with van der Waals surface area (Å²) in [5.41, 5.74) is 7.35. The number of carbonyl (C=O) groups is 1. The van der Waals surface area contributed by atoms with Crippen LogP contribution in [0.25, 0.3) is 11.1 Å². The molecule has 4 N–H and O–H groups in total. The molecular weight excluding hydrogens is 720 g/mol. The van der Waals surface area contributed by atoms with Crippen molar-refractivity contribution in [1.29, 1.82) is 10.5 Å². The van der Waals surface area contributed by atoms with Gasteiger partial charge in [0.15, 0.2) is 0 Å². The Morgan fingerprint density at radius 3 is 2.40 bits per heavy atom. The maximum Gasteiger partial charge on any atom is 0.323 e. The number of likely N-dealkylation sites (tertiary alicyclic amines) is 1. The predicted octanol–water partition coefficient (Wildman–Crippen LogP) is 6.46. The third-order valence-electron chi connectivity index (χ3n) is 10.3. The van der Waals surface area contributed by atoms with Crippen LogP contribution in [-0.2, 0) is 24.4 Å². The SMILES string of the molecule is Cc1c(OCCCN2CCC(O)CC2)cccc1-c1cccc2c1CCC2Oc1cc(OCc2cc(C#N)cc(C#N)c2)c(CN[C@@H](CO)C(=O)O)cc1Cl. The highest BCUT2D eigenvalue weighted by Crippen LogP contribution is 2.44. The highest BCUT2D eigenvalue weighted by molar-refractivity contribution is 6.32. The minimum absolute atomic E-state index is 0.0157. The second-order valence-corrected chi connectivity index (χ2v) is 14.4. The van der Waals surface area contributed by atoms with Gasteiger partial charge in [-0.05, 0) is 103 Å². The third-order valence-corrected chi connectivity index (χ3v) is 10.6. The molecule has 11 nitrogen and oxygen atoms in total. The zero-order valence-electron chi connectivity index (χ0n) is 30.8. The molecule has 1 fully saturated rings. The van der Waals surface area contributed by atoms with Crippen molar-refractivity contribution in [2.45, 2.75) is 70.4 Å². The molecule has 0 bridgehead atoms. The van der Waals surface area contributed by atoms with E-state index in [0.717, 1.165) is 79.7 Å². The van der Waals surface area contributed by atoms with E-state index in [1.54, 1.807) is 24.3 Å². The van der Waals surface area contributed by atoms with Gasteiger partial charge in [0.25, 0.3) is 0 Å². The molecule has 1 unspecified atom stereocenters. The first-order valence-electron chi connectivity index (χ1n) is 18.6. The second kappa shape index (κ2) is 18.5. The van der Waals surface area contributed by atoms with Gasteiger partial charge < -0.3 is 34.4 Å². The van der Waals surface area contributed by atoms with Crippen LogP contribution in [0.2, 0.25) is 5.02 Å². The number of fused-ring (bicyclic) bond motifs is 1. The molecule has 1 heterocycles. The number of aliphatic hydroxyl groups is 2. The van der Waals surface area contributed by atoms with Gasteiger partial charge in [0.2, 0.25) is 0 Å². The number of piperidine rings is 1. The predicted molar refractivity (Wildman–Crippen MR) is 207 cm³/mol. The molecule has 0 spiro atoms. The largest absolute Gasteiger partial charge is 0.493 e. The summed E-state index contributed by atoms with van der Waals surface area (Å²) in [6.45, 7) is 4.93. The zero-order chi connectivity index (χ0) is 38.9. The van der Waals surface area contributed by atoms with Crippen LogP contribution in [0.3, 0.4) is 0 Å². The van der Waals surface area contributed by atoms with Gasteiger partial charge in [-0.15, -0.1) is 0 Å². The number of hydrogen-bond donors (Lipinski definition) is 4. The fourth-order valence-electron chi connectivity index (χ4n) is 7.29. The summed E-state index contributed by atoms with van der Waals surface area (Å²) in [6.07, 6.45) is 3.62. The standard InChI is InChI=1S/C43H45ClN4O7/c1-27-33(5-3-8-39(27)53-16-4-13-48-14-11-32(50)12-15-48)34-6-2-7-36-35(34)9-10-40(36)55-42-21-41(31(20-37(42)44)24-47-38(25-49)43(51)52)54-26-30-18-28(22-45)17-29(19-30)23-46/h2-3,5-8,17-21,32,38,40,47,49-50H,4,9-16,24-26H2,1H3,(H,51,52)/t38-,40?/m0/s1. The van der Waals surface area contributed by atoms with Crippen molar-refractivity contribution in [3.8, 4) is 40.5 Å². The number of benzene rings is 4. The van der Waals surface area contributed by atoms with Gasteiger partial charge >= 0.3 is 5.97 Å². The molecule has 1 aliphatic heterocycles. The van der Waals surface area contributed by atoms with Crippen molar-refractivity contribution in [2.75, 3.05) is 32.8 Å². The van der Waals surface area contributed by atoms with Crippen LogP contribution in [0.1, 0.15) is 70.7 Å². The molecule has 286 valence electrons. The zero-order valence-corrected chi connectivity index (χ0v) is 31.5. The molecule has 2 aliphatic rings. The van der Waals surface area contributed by atoms with Crippen LogP contribution >= 0.6 is 11.6 Å². The van der Waals surface area contributed by atoms with Crippen molar-refractivity contribution in [3.05, 3.63) is 111 Å². The fourth-order valence-corrected chi connectivity index (χ4v) is 7.52. The Labute approximate surface area is 326 Å². The lowest BCUT2D eigenvalue weighted by Crippen LogP contribution is -2.39. The number of rotatable bonds is 16. The number of hydrogen-bond acceptors (Lipinski definition) is 10. The molecule has 12 heteroatoms. The number of halogens is 1. The minimum Gasteiger partial charge on any atom is -0.493 e. The first-order chi connectivity index (χ1) is 26.7. The molecular formula is C43H45ClN4O7. The first kappa shape index (κ1) is 39.6. The number of carboxylic acid groups (broad SMARTS) is 1. The van der Waals surface area contributed by atoms with E-state index in [9.17, 15) is 30.6 Å². The van der Waals surface area contributed by atoms with Gasteiger partial charge in [0, 0.05) is 37.8 Å². The lowest BCUT2D eigenvalue weighted by molar-refractivity contribution is -0.140. The van der Waals surface area contributed by atoms with Gasteiger partial charge in [-0.3, -0.25) is 10.1 Å². The van der Waals surface area contributed by atoms with Crippen molar-refractivity contribution in [2.24, 2.45) is 0 Å². The van der Waals surface area contributed by atoms with E-state index in [-0.39, 0.29) is 25.4 Å². The molecule has 1 saturated heterocycles. The molecule has 4 aromatic rings. The van der Waals surface area contributed by atoms with Crippen LogP contribution in [0.4, 0.5) is 0 Å². The van der Waals surface area contributed by atoms with Gasteiger partial charge in [-0.2, -0.15) is 10.5 Å². The van der Waals surface area contributed by atoms with Crippen molar-refractivity contribution in [1.82, 2.24) is 10.2 Å².